The van der Waals surface area contributed by atoms with Gasteiger partial charge in [0.05, 0.1) is 6.61 Å². The maximum Gasteiger partial charge on any atom is 0.332 e. The van der Waals surface area contributed by atoms with Gasteiger partial charge in [0.25, 0.3) is 0 Å². The van der Waals surface area contributed by atoms with Crippen LogP contribution < -0.4 is 5.32 Å². The van der Waals surface area contributed by atoms with Crippen LogP contribution in [0.2, 0.25) is 0 Å². The van der Waals surface area contributed by atoms with Crippen molar-refractivity contribution in [1.82, 2.24) is 0 Å². The number of carbonyl (C=O) groups is 1. The molecule has 0 aliphatic heterocycles. The Kier molecular flexibility index (Phi) is 3.57. The zero-order chi connectivity index (χ0) is 13.2. The number of para-hydroxylation sites is 1. The van der Waals surface area contributed by atoms with Gasteiger partial charge in [-0.3, -0.25) is 0 Å². The van der Waals surface area contributed by atoms with E-state index in [1.807, 2.05) is 31.2 Å². The molecular weight excluding hydrogens is 230 g/mol. The first-order valence-electron chi connectivity index (χ1n) is 6.16. The number of aliphatic carboxylic acids is 1. The fourth-order valence-corrected chi connectivity index (χ4v) is 2.30. The molecule has 0 aromatic heterocycles. The lowest BCUT2D eigenvalue weighted by atomic mass is 9.93. The van der Waals surface area contributed by atoms with E-state index >= 15 is 0 Å². The van der Waals surface area contributed by atoms with Gasteiger partial charge in [-0.15, -0.1) is 0 Å². The molecule has 4 heteroatoms. The van der Waals surface area contributed by atoms with Crippen LogP contribution in [0.3, 0.4) is 0 Å². The molecule has 0 saturated heterocycles. The van der Waals surface area contributed by atoms with Crippen LogP contribution in [0.15, 0.2) is 24.3 Å². The van der Waals surface area contributed by atoms with E-state index in [1.54, 1.807) is 7.11 Å². The summed E-state index contributed by atoms with van der Waals surface area (Å²) in [6, 6.07) is 7.72. The van der Waals surface area contributed by atoms with Crippen molar-refractivity contribution in [2.24, 2.45) is 5.92 Å². The Morgan fingerprint density at radius 3 is 2.67 bits per heavy atom. The topological polar surface area (TPSA) is 58.6 Å². The fourth-order valence-electron chi connectivity index (χ4n) is 2.30. The average molecular weight is 249 g/mol. The van der Waals surface area contributed by atoms with Gasteiger partial charge in [0.2, 0.25) is 0 Å². The van der Waals surface area contributed by atoms with Crippen LogP contribution in [0.1, 0.15) is 18.4 Å². The quantitative estimate of drug-likeness (QED) is 0.812. The second kappa shape index (κ2) is 4.98. The molecule has 2 rings (SSSR count). The Morgan fingerprint density at radius 2 is 2.17 bits per heavy atom. The smallest absolute Gasteiger partial charge is 0.332 e. The third-order valence-corrected chi connectivity index (χ3v) is 3.53. The van der Waals surface area contributed by atoms with Crippen molar-refractivity contribution < 1.29 is 14.6 Å². The summed E-state index contributed by atoms with van der Waals surface area (Å²) in [4.78, 5) is 11.7. The molecule has 18 heavy (non-hydrogen) atoms. The van der Waals surface area contributed by atoms with Crippen LogP contribution in [-0.4, -0.2) is 30.3 Å². The second-order valence-corrected chi connectivity index (χ2v) is 4.92. The van der Waals surface area contributed by atoms with Crippen molar-refractivity contribution in [2.45, 2.75) is 25.3 Å². The summed E-state index contributed by atoms with van der Waals surface area (Å²) in [5.74, 6) is -0.690. The Morgan fingerprint density at radius 1 is 1.50 bits per heavy atom. The summed E-state index contributed by atoms with van der Waals surface area (Å²) in [7, 11) is 1.54. The Bertz CT molecular complexity index is 442. The van der Waals surface area contributed by atoms with E-state index in [-0.39, 0.29) is 12.5 Å². The van der Waals surface area contributed by atoms with Crippen molar-refractivity contribution in [3.8, 4) is 0 Å². The molecule has 1 aliphatic carbocycles. The van der Waals surface area contributed by atoms with Crippen LogP contribution in [0.4, 0.5) is 5.69 Å². The van der Waals surface area contributed by atoms with Gasteiger partial charge < -0.3 is 15.2 Å². The van der Waals surface area contributed by atoms with E-state index in [0.717, 1.165) is 24.1 Å². The van der Waals surface area contributed by atoms with Crippen molar-refractivity contribution in [2.75, 3.05) is 19.0 Å². The number of methoxy groups -OCH3 is 1. The summed E-state index contributed by atoms with van der Waals surface area (Å²) in [6.45, 7) is 2.15. The van der Waals surface area contributed by atoms with Gasteiger partial charge >= 0.3 is 5.97 Å². The number of carboxylic acids is 1. The van der Waals surface area contributed by atoms with Gasteiger partial charge in [0.15, 0.2) is 5.54 Å². The lowest BCUT2D eigenvalue weighted by Crippen LogP contribution is -2.52. The number of ether oxygens (including phenoxy) is 1. The number of nitrogens with one attached hydrogen (secondary N) is 1. The highest BCUT2D eigenvalue weighted by molar-refractivity contribution is 5.84. The molecule has 1 unspecified atom stereocenters. The van der Waals surface area contributed by atoms with Gasteiger partial charge in [-0.25, -0.2) is 4.79 Å². The number of anilines is 1. The van der Waals surface area contributed by atoms with Crippen molar-refractivity contribution in [3.63, 3.8) is 0 Å². The van der Waals surface area contributed by atoms with Crippen LogP contribution in [-0.2, 0) is 9.53 Å². The van der Waals surface area contributed by atoms with Gasteiger partial charge in [-0.2, -0.15) is 0 Å². The third-order valence-electron chi connectivity index (χ3n) is 3.53. The molecule has 0 bridgehead atoms. The molecular formula is C14H19NO3. The van der Waals surface area contributed by atoms with E-state index < -0.39 is 11.5 Å². The molecule has 4 nitrogen and oxygen atoms in total. The van der Waals surface area contributed by atoms with Crippen molar-refractivity contribution in [1.29, 1.82) is 0 Å². The molecule has 98 valence electrons. The highest BCUT2D eigenvalue weighted by Gasteiger charge is 2.51. The number of rotatable bonds is 6. The van der Waals surface area contributed by atoms with E-state index in [0.29, 0.717) is 0 Å². The minimum absolute atomic E-state index is 0.148. The molecule has 1 fully saturated rings. The molecule has 0 radical (unpaired) electrons. The number of benzene rings is 1. The minimum Gasteiger partial charge on any atom is -0.479 e. The molecule has 2 N–H and O–H groups in total. The molecule has 1 saturated carbocycles. The summed E-state index contributed by atoms with van der Waals surface area (Å²) in [6.07, 6.45) is 1.88. The maximum atomic E-state index is 11.7. The van der Waals surface area contributed by atoms with Gasteiger partial charge in [-0.1, -0.05) is 18.2 Å². The molecule has 1 aliphatic rings. The molecule has 1 aromatic rings. The zero-order valence-corrected chi connectivity index (χ0v) is 10.8. The Balaban J connectivity index is 2.30. The van der Waals surface area contributed by atoms with E-state index in [4.69, 9.17) is 4.74 Å². The van der Waals surface area contributed by atoms with Crippen LogP contribution in [0.5, 0.6) is 0 Å². The standard InChI is InChI=1S/C14H19NO3/c1-10-5-3-4-6-12(10)15-14(9-18-2,13(16)17)11-7-8-11/h3-6,11,15H,7-9H2,1-2H3,(H,16,17). The number of aryl methyl sites for hydroxylation is 1. The predicted molar refractivity (Wildman–Crippen MR) is 69.8 cm³/mol. The van der Waals surface area contributed by atoms with Crippen molar-refractivity contribution >= 4 is 11.7 Å². The summed E-state index contributed by atoms with van der Waals surface area (Å²) >= 11 is 0. The first kappa shape index (κ1) is 12.9. The van der Waals surface area contributed by atoms with E-state index in [1.165, 1.54) is 0 Å². The third kappa shape index (κ3) is 2.34. The van der Waals surface area contributed by atoms with Crippen LogP contribution >= 0.6 is 0 Å². The molecule has 0 amide bonds. The fraction of sp³-hybridized carbons (Fsp3) is 0.500. The Hall–Kier alpha value is -1.55. The normalized spacial score (nSPS) is 18.1. The summed E-state index contributed by atoms with van der Waals surface area (Å²) < 4.78 is 5.14. The van der Waals surface area contributed by atoms with Gasteiger partial charge in [0.1, 0.15) is 0 Å². The Labute approximate surface area is 107 Å². The minimum atomic E-state index is -0.999. The summed E-state index contributed by atoms with van der Waals surface area (Å²) in [5, 5.41) is 12.8. The summed E-state index contributed by atoms with van der Waals surface area (Å²) in [5.41, 5.74) is 0.907. The number of carboxylic acid groups (broad SMARTS) is 1. The molecule has 1 atom stereocenters. The largest absolute Gasteiger partial charge is 0.479 e. The lowest BCUT2D eigenvalue weighted by molar-refractivity contribution is -0.145. The van der Waals surface area contributed by atoms with E-state index in [2.05, 4.69) is 5.32 Å². The van der Waals surface area contributed by atoms with Crippen LogP contribution in [0, 0.1) is 12.8 Å². The van der Waals surface area contributed by atoms with E-state index in [9.17, 15) is 9.90 Å². The first-order valence-corrected chi connectivity index (χ1v) is 6.16. The highest BCUT2D eigenvalue weighted by Crippen LogP contribution is 2.42. The lowest BCUT2D eigenvalue weighted by Gasteiger charge is -2.31. The zero-order valence-electron chi connectivity index (χ0n) is 10.8. The predicted octanol–water partition coefficient (Wildman–Crippen LogP) is 2.29. The molecule has 0 spiro atoms. The maximum absolute atomic E-state index is 11.7. The first-order chi connectivity index (χ1) is 8.60. The SMILES string of the molecule is COCC(Nc1ccccc1C)(C(=O)O)C1CC1. The van der Waals surface area contributed by atoms with Crippen LogP contribution in [0.25, 0.3) is 0 Å². The molecule has 0 heterocycles. The molecule has 1 aromatic carbocycles. The van der Waals surface area contributed by atoms with Gasteiger partial charge in [0, 0.05) is 12.8 Å². The highest BCUT2D eigenvalue weighted by atomic mass is 16.5. The average Bonchev–Trinajstić information content (AvgIpc) is 3.15. The monoisotopic (exact) mass is 249 g/mol. The van der Waals surface area contributed by atoms with Gasteiger partial charge in [-0.05, 0) is 37.3 Å². The second-order valence-electron chi connectivity index (χ2n) is 4.92. The number of hydrogen-bond donors (Lipinski definition) is 2. The number of hydrogen-bond acceptors (Lipinski definition) is 3. The van der Waals surface area contributed by atoms with Crippen molar-refractivity contribution in [3.05, 3.63) is 29.8 Å².